The Labute approximate surface area is 208 Å². The molecule has 1 saturated heterocycles. The topological polar surface area (TPSA) is 90.5 Å². The molecule has 2 amide bonds. The van der Waals surface area contributed by atoms with Crippen molar-refractivity contribution >= 4 is 28.5 Å². The maximum Gasteiger partial charge on any atom is 0.416 e. The molecule has 8 nitrogen and oxygen atoms in total. The van der Waals surface area contributed by atoms with Crippen LogP contribution in [0.1, 0.15) is 51.0 Å². The molecule has 0 bridgehead atoms. The average molecular weight is 507 g/mol. The first-order valence-corrected chi connectivity index (χ1v) is 12.5. The lowest BCUT2D eigenvalue weighted by Gasteiger charge is -2.47. The van der Waals surface area contributed by atoms with E-state index >= 15 is 0 Å². The number of likely N-dealkylation sites (tertiary alicyclic amines) is 1. The van der Waals surface area contributed by atoms with Gasteiger partial charge in [-0.2, -0.15) is 13.2 Å². The van der Waals surface area contributed by atoms with Crippen molar-refractivity contribution in [3.05, 3.63) is 30.1 Å². The molecule has 11 heteroatoms. The quantitative estimate of drug-likeness (QED) is 0.570. The highest BCUT2D eigenvalue weighted by atomic mass is 19.4. The number of carbonyl (C=O) groups excluding carboxylic acids is 2. The minimum absolute atomic E-state index is 0.0461. The van der Waals surface area contributed by atoms with Crippen LogP contribution in [0, 0.1) is 0 Å². The molecule has 1 aromatic heterocycles. The van der Waals surface area contributed by atoms with Gasteiger partial charge in [0.05, 0.1) is 23.7 Å². The average Bonchev–Trinajstić information content (AvgIpc) is 2.83. The van der Waals surface area contributed by atoms with Crippen molar-refractivity contribution in [2.24, 2.45) is 0 Å². The molecule has 2 aliphatic rings. The molecule has 2 heterocycles. The van der Waals surface area contributed by atoms with Crippen molar-refractivity contribution in [3.63, 3.8) is 0 Å². The maximum absolute atomic E-state index is 13.1. The fraction of sp³-hybridized carbons (Fsp3) is 0.600. The Hall–Kier alpha value is -2.95. The largest absolute Gasteiger partial charge is 0.416 e. The van der Waals surface area contributed by atoms with Gasteiger partial charge in [-0.05, 0) is 50.3 Å². The minimum atomic E-state index is -4.48. The summed E-state index contributed by atoms with van der Waals surface area (Å²) in [6.07, 6.45) is 2.31. The summed E-state index contributed by atoms with van der Waals surface area (Å²) in [5.74, 6) is 0.172. The number of alkyl halides is 3. The van der Waals surface area contributed by atoms with Crippen LogP contribution < -0.4 is 10.6 Å². The van der Waals surface area contributed by atoms with Gasteiger partial charge in [0.25, 0.3) is 0 Å². The normalized spacial score (nSPS) is 21.1. The Bertz CT molecular complexity index is 1080. The molecule has 0 spiro atoms. The summed E-state index contributed by atoms with van der Waals surface area (Å²) >= 11 is 0. The minimum Gasteiger partial charge on any atom is -0.360 e. The van der Waals surface area contributed by atoms with Crippen LogP contribution >= 0.6 is 0 Å². The van der Waals surface area contributed by atoms with Crippen molar-refractivity contribution in [3.8, 4) is 0 Å². The van der Waals surface area contributed by atoms with E-state index in [0.29, 0.717) is 24.0 Å². The zero-order valence-electron chi connectivity index (χ0n) is 20.6. The van der Waals surface area contributed by atoms with Gasteiger partial charge in [0.2, 0.25) is 11.8 Å². The smallest absolute Gasteiger partial charge is 0.360 e. The Morgan fingerprint density at radius 2 is 1.86 bits per heavy atom. The molecule has 2 fully saturated rings. The second-order valence-corrected chi connectivity index (χ2v) is 9.74. The van der Waals surface area contributed by atoms with Crippen molar-refractivity contribution in [1.82, 2.24) is 25.1 Å². The predicted octanol–water partition coefficient (Wildman–Crippen LogP) is 3.43. The third-order valence-corrected chi connectivity index (χ3v) is 7.24. The lowest BCUT2D eigenvalue weighted by molar-refractivity contribution is -0.137. The molecule has 1 saturated carbocycles. The molecule has 1 aromatic carbocycles. The van der Waals surface area contributed by atoms with Gasteiger partial charge in [0.15, 0.2) is 0 Å². The number of amides is 2. The molecule has 0 unspecified atom stereocenters. The van der Waals surface area contributed by atoms with Crippen LogP contribution in [0.25, 0.3) is 10.9 Å². The fourth-order valence-electron chi connectivity index (χ4n) is 5.12. The van der Waals surface area contributed by atoms with E-state index in [1.54, 1.807) is 0 Å². The van der Waals surface area contributed by atoms with Gasteiger partial charge in [-0.1, -0.05) is 6.92 Å². The molecule has 36 heavy (non-hydrogen) atoms. The van der Waals surface area contributed by atoms with E-state index in [1.165, 1.54) is 12.4 Å². The van der Waals surface area contributed by atoms with Gasteiger partial charge in [-0.15, -0.1) is 0 Å². The third kappa shape index (κ3) is 6.05. The molecule has 2 aromatic rings. The van der Waals surface area contributed by atoms with Crippen LogP contribution in [0.4, 0.5) is 19.0 Å². The van der Waals surface area contributed by atoms with E-state index in [-0.39, 0.29) is 35.6 Å². The first-order chi connectivity index (χ1) is 17.2. The van der Waals surface area contributed by atoms with E-state index in [1.807, 2.05) is 18.9 Å². The number of aromatic nitrogens is 2. The first kappa shape index (κ1) is 26.1. The van der Waals surface area contributed by atoms with Gasteiger partial charge in [0.1, 0.15) is 12.1 Å². The van der Waals surface area contributed by atoms with Gasteiger partial charge < -0.3 is 15.5 Å². The standard InChI is InChI=1S/C25H33F3N6O2/c1-3-4-23(36)33(2)18-6-8-19(9-7-18)34-13-17(14-34)32-22(35)12-29-24-20-11-16(25(26,27)28)5-10-21(20)30-15-31-24/h5,10-11,15,17-19H,3-4,6-9,12-14H2,1-2H3,(H,32,35)(H,29,30,31)/t18-,19+. The van der Waals surface area contributed by atoms with Crippen molar-refractivity contribution in [2.75, 3.05) is 32.0 Å². The fourth-order valence-corrected chi connectivity index (χ4v) is 5.12. The van der Waals surface area contributed by atoms with Gasteiger partial charge >= 0.3 is 6.18 Å². The van der Waals surface area contributed by atoms with Gasteiger partial charge in [-0.25, -0.2) is 9.97 Å². The highest BCUT2D eigenvalue weighted by Gasteiger charge is 2.36. The zero-order valence-corrected chi connectivity index (χ0v) is 20.6. The summed E-state index contributed by atoms with van der Waals surface area (Å²) in [7, 11) is 1.91. The van der Waals surface area contributed by atoms with Crippen molar-refractivity contribution in [2.45, 2.75) is 69.8 Å². The third-order valence-electron chi connectivity index (χ3n) is 7.24. The van der Waals surface area contributed by atoms with Gasteiger partial charge in [0, 0.05) is 44.0 Å². The number of halogens is 3. The molecule has 0 atom stereocenters. The summed E-state index contributed by atoms with van der Waals surface area (Å²) in [4.78, 5) is 36.9. The Morgan fingerprint density at radius 3 is 2.53 bits per heavy atom. The number of fused-ring (bicyclic) bond motifs is 1. The van der Waals surface area contributed by atoms with Crippen LogP contribution in [0.2, 0.25) is 0 Å². The molecule has 4 rings (SSSR count). The first-order valence-electron chi connectivity index (χ1n) is 12.5. The highest BCUT2D eigenvalue weighted by Crippen LogP contribution is 2.32. The number of hydrogen-bond acceptors (Lipinski definition) is 6. The summed E-state index contributed by atoms with van der Waals surface area (Å²) in [6.45, 7) is 3.47. The zero-order chi connectivity index (χ0) is 25.9. The van der Waals surface area contributed by atoms with Crippen LogP contribution in [-0.4, -0.2) is 76.4 Å². The summed E-state index contributed by atoms with van der Waals surface area (Å²) in [5.41, 5.74) is -0.425. The summed E-state index contributed by atoms with van der Waals surface area (Å²) in [6, 6.07) is 4.09. The Morgan fingerprint density at radius 1 is 1.14 bits per heavy atom. The summed E-state index contributed by atoms with van der Waals surface area (Å²) < 4.78 is 39.3. The lowest BCUT2D eigenvalue weighted by Crippen LogP contribution is -2.63. The predicted molar refractivity (Wildman–Crippen MR) is 130 cm³/mol. The monoisotopic (exact) mass is 506 g/mol. The van der Waals surface area contributed by atoms with Crippen LogP contribution in [0.15, 0.2) is 24.5 Å². The molecular formula is C25H33F3N6O2. The number of hydrogen-bond donors (Lipinski definition) is 2. The number of nitrogens with one attached hydrogen (secondary N) is 2. The van der Waals surface area contributed by atoms with Crippen molar-refractivity contribution < 1.29 is 22.8 Å². The lowest BCUT2D eigenvalue weighted by atomic mass is 9.87. The Balaban J connectivity index is 1.21. The molecule has 2 N–H and O–H groups in total. The second kappa shape index (κ2) is 11.0. The molecule has 1 aliphatic heterocycles. The SMILES string of the molecule is CCCC(=O)N(C)[C@H]1CC[C@@H](N2CC(NC(=O)CNc3ncnc4ccc(C(F)(F)F)cc34)C2)CC1. The molecule has 196 valence electrons. The van der Waals surface area contributed by atoms with E-state index < -0.39 is 11.7 Å². The Kier molecular flexibility index (Phi) is 7.97. The van der Waals surface area contributed by atoms with E-state index in [2.05, 4.69) is 25.5 Å². The maximum atomic E-state index is 13.1. The number of nitrogens with zero attached hydrogens (tertiary/aromatic N) is 4. The van der Waals surface area contributed by atoms with Crippen LogP contribution in [0.5, 0.6) is 0 Å². The van der Waals surface area contributed by atoms with E-state index in [4.69, 9.17) is 0 Å². The number of benzene rings is 1. The van der Waals surface area contributed by atoms with Crippen molar-refractivity contribution in [1.29, 1.82) is 0 Å². The van der Waals surface area contributed by atoms with Crippen LogP contribution in [0.3, 0.4) is 0 Å². The van der Waals surface area contributed by atoms with E-state index in [0.717, 1.165) is 57.3 Å². The highest BCUT2D eigenvalue weighted by molar-refractivity contribution is 5.91. The summed E-state index contributed by atoms with van der Waals surface area (Å²) in [5, 5.41) is 6.04. The van der Waals surface area contributed by atoms with E-state index in [9.17, 15) is 22.8 Å². The molecule has 1 aliphatic carbocycles. The second-order valence-electron chi connectivity index (χ2n) is 9.74. The van der Waals surface area contributed by atoms with Gasteiger partial charge in [-0.3, -0.25) is 14.5 Å². The molecule has 0 radical (unpaired) electrons. The number of rotatable bonds is 8. The number of anilines is 1. The molecular weight excluding hydrogens is 473 g/mol. The van der Waals surface area contributed by atoms with Crippen LogP contribution in [-0.2, 0) is 15.8 Å². The number of carbonyl (C=O) groups is 2.